The second kappa shape index (κ2) is 9.43. The van der Waals surface area contributed by atoms with Crippen LogP contribution >= 0.6 is 11.8 Å². The first-order valence-electron chi connectivity index (χ1n) is 13.3. The molecule has 1 aliphatic heterocycles. The van der Waals surface area contributed by atoms with Gasteiger partial charge in [-0.3, -0.25) is 14.5 Å². The van der Waals surface area contributed by atoms with E-state index < -0.39 is 0 Å². The first kappa shape index (κ1) is 23.1. The molecule has 0 unspecified atom stereocenters. The van der Waals surface area contributed by atoms with Crippen LogP contribution in [0.5, 0.6) is 0 Å². The van der Waals surface area contributed by atoms with Gasteiger partial charge in [0.25, 0.3) is 0 Å². The lowest BCUT2D eigenvalue weighted by Gasteiger charge is -2.12. The Morgan fingerprint density at radius 1 is 0.625 bits per heavy atom. The lowest BCUT2D eigenvalue weighted by Crippen LogP contribution is -2.02. The van der Waals surface area contributed by atoms with Crippen molar-refractivity contribution < 1.29 is 0 Å². The van der Waals surface area contributed by atoms with E-state index in [1.807, 2.05) is 48.4 Å². The summed E-state index contributed by atoms with van der Waals surface area (Å²) in [7, 11) is 0. The number of aromatic nitrogens is 5. The van der Waals surface area contributed by atoms with Gasteiger partial charge in [0.2, 0.25) is 0 Å². The molecule has 6 heteroatoms. The smallest absolute Gasteiger partial charge is 0.162 e. The molecule has 0 spiro atoms. The van der Waals surface area contributed by atoms with E-state index in [1.54, 1.807) is 12.4 Å². The number of benzene rings is 3. The summed E-state index contributed by atoms with van der Waals surface area (Å²) in [4.78, 5) is 19.9. The third-order valence-corrected chi connectivity index (χ3v) is 8.73. The number of rotatable bonds is 4. The monoisotopic (exact) mass is 533 g/mol. The van der Waals surface area contributed by atoms with Crippen molar-refractivity contribution in [3.05, 3.63) is 121 Å². The van der Waals surface area contributed by atoms with E-state index in [0.717, 1.165) is 51.5 Å². The molecule has 0 N–H and O–H groups in total. The molecule has 0 radical (unpaired) electrons. The highest BCUT2D eigenvalue weighted by Gasteiger charge is 2.22. The average Bonchev–Trinajstić information content (AvgIpc) is 3.64. The van der Waals surface area contributed by atoms with Crippen LogP contribution in [0.3, 0.4) is 0 Å². The topological polar surface area (TPSA) is 56.5 Å². The van der Waals surface area contributed by atoms with Gasteiger partial charge < -0.3 is 0 Å². The van der Waals surface area contributed by atoms with E-state index in [2.05, 4.69) is 81.3 Å². The molecule has 7 aromatic rings. The molecule has 5 heterocycles. The van der Waals surface area contributed by atoms with Crippen LogP contribution in [0.4, 0.5) is 0 Å². The van der Waals surface area contributed by atoms with Gasteiger partial charge in [0.1, 0.15) is 5.82 Å². The molecule has 0 aliphatic carbocycles. The summed E-state index contributed by atoms with van der Waals surface area (Å²) < 4.78 is 2.30. The second-order valence-electron chi connectivity index (χ2n) is 9.88. The van der Waals surface area contributed by atoms with Crippen molar-refractivity contribution in [3.8, 4) is 39.6 Å². The minimum atomic E-state index is 0.676. The molecule has 1 aliphatic rings. The molecular weight excluding hydrogens is 510 g/mol. The highest BCUT2D eigenvalue weighted by Crippen LogP contribution is 2.43. The van der Waals surface area contributed by atoms with E-state index in [9.17, 15) is 0 Å². The van der Waals surface area contributed by atoms with Crippen LogP contribution in [-0.2, 0) is 6.42 Å². The number of thioether (sulfide) groups is 1. The van der Waals surface area contributed by atoms with Crippen molar-refractivity contribution in [1.29, 1.82) is 0 Å². The number of nitrogens with zero attached hydrogens (tertiary/aromatic N) is 5. The summed E-state index contributed by atoms with van der Waals surface area (Å²) >= 11 is 1.96. The number of fused-ring (bicyclic) bond motifs is 5. The lowest BCUT2D eigenvalue weighted by molar-refractivity contribution is 1.04. The van der Waals surface area contributed by atoms with E-state index in [-0.39, 0.29) is 0 Å². The Morgan fingerprint density at radius 3 is 2.12 bits per heavy atom. The molecule has 4 aromatic heterocycles. The van der Waals surface area contributed by atoms with Crippen molar-refractivity contribution in [1.82, 2.24) is 24.5 Å². The van der Waals surface area contributed by atoms with Crippen LogP contribution in [0, 0.1) is 0 Å². The number of hydrogen-bond acceptors (Lipinski definition) is 5. The highest BCUT2D eigenvalue weighted by molar-refractivity contribution is 7.99. The fourth-order valence-electron chi connectivity index (χ4n) is 5.65. The Labute approximate surface area is 235 Å². The van der Waals surface area contributed by atoms with E-state index in [1.165, 1.54) is 26.7 Å². The maximum Gasteiger partial charge on any atom is 0.162 e. The summed E-state index contributed by atoms with van der Waals surface area (Å²) in [6.45, 7) is 0. The molecule has 40 heavy (non-hydrogen) atoms. The van der Waals surface area contributed by atoms with Crippen molar-refractivity contribution in [2.24, 2.45) is 0 Å². The third-order valence-electron chi connectivity index (χ3n) is 7.56. The zero-order chi connectivity index (χ0) is 26.5. The molecular formula is C34H23N5S. The first-order chi connectivity index (χ1) is 19.8. The first-order valence-corrected chi connectivity index (χ1v) is 14.3. The zero-order valence-corrected chi connectivity index (χ0v) is 22.3. The maximum absolute atomic E-state index is 5.14. The van der Waals surface area contributed by atoms with Gasteiger partial charge in [-0.25, -0.2) is 9.97 Å². The van der Waals surface area contributed by atoms with Crippen molar-refractivity contribution in [2.45, 2.75) is 11.3 Å². The van der Waals surface area contributed by atoms with Gasteiger partial charge in [-0.05, 0) is 59.5 Å². The lowest BCUT2D eigenvalue weighted by atomic mass is 10.0. The summed E-state index contributed by atoms with van der Waals surface area (Å²) in [5.74, 6) is 2.66. The van der Waals surface area contributed by atoms with Gasteiger partial charge in [0, 0.05) is 63.4 Å². The molecule has 8 rings (SSSR count). The standard InChI is InChI=1S/C34H23N5S/c1-2-4-29-27(3-1)32-30(10-9-25-15-20-40-33(25)32)39(29)31-21-28(37-34(38-31)26-13-18-36-19-14-26)24-7-5-22(6-8-24)23-11-16-35-17-12-23/h1-14,16-19,21H,15,20H2. The molecule has 0 fully saturated rings. The van der Waals surface area contributed by atoms with Crippen LogP contribution in [-0.4, -0.2) is 30.3 Å². The van der Waals surface area contributed by atoms with E-state index in [0.29, 0.717) is 5.82 Å². The molecule has 0 bridgehead atoms. The van der Waals surface area contributed by atoms with Crippen molar-refractivity contribution in [2.75, 3.05) is 5.75 Å². The molecule has 0 saturated carbocycles. The van der Waals surface area contributed by atoms with Gasteiger partial charge in [0.15, 0.2) is 5.82 Å². The van der Waals surface area contributed by atoms with Crippen molar-refractivity contribution >= 4 is 33.6 Å². The number of para-hydroxylation sites is 1. The summed E-state index contributed by atoms with van der Waals surface area (Å²) in [5, 5.41) is 2.58. The Bertz CT molecular complexity index is 2020. The fraction of sp³-hybridized carbons (Fsp3) is 0.0588. The molecule has 3 aromatic carbocycles. The van der Waals surface area contributed by atoms with Gasteiger partial charge in [-0.15, -0.1) is 11.8 Å². The second-order valence-corrected chi connectivity index (χ2v) is 11.0. The number of pyridine rings is 2. The Kier molecular flexibility index (Phi) is 5.45. The van der Waals surface area contributed by atoms with Crippen LogP contribution in [0.1, 0.15) is 5.56 Å². The molecule has 5 nitrogen and oxygen atoms in total. The van der Waals surface area contributed by atoms with E-state index in [4.69, 9.17) is 9.97 Å². The average molecular weight is 534 g/mol. The Hall–Kier alpha value is -4.81. The highest BCUT2D eigenvalue weighted by atomic mass is 32.2. The predicted molar refractivity (Wildman–Crippen MR) is 163 cm³/mol. The number of hydrogen-bond donors (Lipinski definition) is 0. The largest absolute Gasteiger partial charge is 0.294 e. The molecule has 0 atom stereocenters. The summed E-state index contributed by atoms with van der Waals surface area (Å²) in [6.07, 6.45) is 8.33. The van der Waals surface area contributed by atoms with Gasteiger partial charge in [-0.2, -0.15) is 0 Å². The third kappa shape index (κ3) is 3.80. The minimum Gasteiger partial charge on any atom is -0.294 e. The van der Waals surface area contributed by atoms with Crippen LogP contribution in [0.2, 0.25) is 0 Å². The summed E-state index contributed by atoms with van der Waals surface area (Å²) in [6, 6.07) is 31.8. The predicted octanol–water partition coefficient (Wildman–Crippen LogP) is 8.01. The fourth-order valence-corrected chi connectivity index (χ4v) is 6.89. The maximum atomic E-state index is 5.14. The zero-order valence-electron chi connectivity index (χ0n) is 21.5. The Morgan fingerprint density at radius 2 is 1.32 bits per heavy atom. The van der Waals surface area contributed by atoms with Crippen LogP contribution in [0.25, 0.3) is 61.4 Å². The van der Waals surface area contributed by atoms with Gasteiger partial charge in [0.05, 0.1) is 16.7 Å². The molecule has 0 saturated heterocycles. The SMILES string of the molecule is c1ccc2c(c1)c1c3c(ccc1n2-c1cc(-c2ccc(-c4ccncc4)cc2)nc(-c2ccncc2)n1)CCS3. The quantitative estimate of drug-likeness (QED) is 0.229. The van der Waals surface area contributed by atoms with Gasteiger partial charge in [-0.1, -0.05) is 48.5 Å². The Balaban J connectivity index is 1.36. The molecule has 190 valence electrons. The van der Waals surface area contributed by atoms with Crippen LogP contribution < -0.4 is 0 Å². The number of aryl methyl sites for hydroxylation is 1. The minimum absolute atomic E-state index is 0.676. The van der Waals surface area contributed by atoms with Crippen LogP contribution in [0.15, 0.2) is 121 Å². The van der Waals surface area contributed by atoms with E-state index >= 15 is 0 Å². The summed E-state index contributed by atoms with van der Waals surface area (Å²) in [5.41, 5.74) is 8.89. The normalized spacial score (nSPS) is 12.7. The van der Waals surface area contributed by atoms with Gasteiger partial charge >= 0.3 is 0 Å². The molecule has 0 amide bonds. The van der Waals surface area contributed by atoms with Crippen molar-refractivity contribution in [3.63, 3.8) is 0 Å².